The number of carbonyl (C=O) groups excluding carboxylic acids is 2. The summed E-state index contributed by atoms with van der Waals surface area (Å²) in [6, 6.07) is 18.7. The van der Waals surface area contributed by atoms with Crippen molar-refractivity contribution in [2.45, 2.75) is 44.8 Å². The van der Waals surface area contributed by atoms with E-state index < -0.39 is 17.0 Å². The maximum Gasteiger partial charge on any atom is 0.319 e. The fourth-order valence-electron chi connectivity index (χ4n) is 2.62. The van der Waals surface area contributed by atoms with Crippen molar-refractivity contribution in [3.63, 3.8) is 0 Å². The molecule has 1 atom stereocenters. The van der Waals surface area contributed by atoms with Gasteiger partial charge in [0.05, 0.1) is 12.2 Å². The van der Waals surface area contributed by atoms with E-state index in [1.807, 2.05) is 81.4 Å². The van der Waals surface area contributed by atoms with Gasteiger partial charge < -0.3 is 14.3 Å². The summed E-state index contributed by atoms with van der Waals surface area (Å²) in [5.74, 6) is -0.455. The lowest BCUT2D eigenvalue weighted by molar-refractivity contribution is -0.158. The summed E-state index contributed by atoms with van der Waals surface area (Å²) in [7, 11) is 0. The molecule has 4 nitrogen and oxygen atoms in total. The Morgan fingerprint density at radius 3 is 2.08 bits per heavy atom. The lowest BCUT2D eigenvalue weighted by atomic mass is 9.78. The highest BCUT2D eigenvalue weighted by Crippen LogP contribution is 2.31. The van der Waals surface area contributed by atoms with Gasteiger partial charge in [-0.2, -0.15) is 0 Å². The first-order valence-electron chi connectivity index (χ1n) is 8.72. The number of carbonyl (C=O) groups is 2. The second-order valence-electron chi connectivity index (χ2n) is 7.28. The summed E-state index contributed by atoms with van der Waals surface area (Å²) in [5, 5.41) is 0. The molecule has 0 aliphatic rings. The Morgan fingerprint density at radius 1 is 0.962 bits per heavy atom. The third kappa shape index (κ3) is 5.27. The lowest BCUT2D eigenvalue weighted by Gasteiger charge is -2.33. The van der Waals surface area contributed by atoms with Gasteiger partial charge in [-0.15, -0.1) is 0 Å². The third-order valence-corrected chi connectivity index (χ3v) is 4.11. The van der Waals surface area contributed by atoms with Crippen LogP contribution in [-0.4, -0.2) is 24.5 Å². The van der Waals surface area contributed by atoms with Gasteiger partial charge >= 0.3 is 5.97 Å². The Bertz CT molecular complexity index is 704. The van der Waals surface area contributed by atoms with Crippen LogP contribution in [0.2, 0.25) is 0 Å². The first kappa shape index (κ1) is 19.9. The Kier molecular flexibility index (Phi) is 6.70. The Labute approximate surface area is 155 Å². The monoisotopic (exact) mass is 354 g/mol. The van der Waals surface area contributed by atoms with Gasteiger partial charge in [-0.3, -0.25) is 4.79 Å². The average molecular weight is 354 g/mol. The summed E-state index contributed by atoms with van der Waals surface area (Å²) in [6.07, 6.45) is 0.753. The number of ether oxygens (including phenoxy) is 2. The highest BCUT2D eigenvalue weighted by Gasteiger charge is 2.43. The lowest BCUT2D eigenvalue weighted by Crippen LogP contribution is -2.44. The normalized spacial score (nSPS) is 13.7. The SMILES string of the molecule is CC(C)(C)OCC(CC=O)(C(=O)OCc1ccccc1)c1ccccc1. The molecule has 0 aliphatic carbocycles. The molecule has 26 heavy (non-hydrogen) atoms. The topological polar surface area (TPSA) is 52.6 Å². The maximum absolute atomic E-state index is 13.1. The third-order valence-electron chi connectivity index (χ3n) is 4.11. The standard InChI is InChI=1S/C22H26O4/c1-21(2,3)26-17-22(14-15-23,19-12-8-5-9-13-19)20(24)25-16-18-10-6-4-7-11-18/h4-13,15H,14,16-17H2,1-3H3. The van der Waals surface area contributed by atoms with Gasteiger partial charge in [0.25, 0.3) is 0 Å². The zero-order valence-corrected chi connectivity index (χ0v) is 15.6. The van der Waals surface area contributed by atoms with E-state index in [0.29, 0.717) is 0 Å². The van der Waals surface area contributed by atoms with Crippen LogP contribution in [-0.2, 0) is 31.1 Å². The quantitative estimate of drug-likeness (QED) is 0.530. The summed E-state index contributed by atoms with van der Waals surface area (Å²) < 4.78 is 11.5. The second kappa shape index (κ2) is 8.77. The number of aldehydes is 1. The van der Waals surface area contributed by atoms with Crippen LogP contribution in [0, 0.1) is 0 Å². The van der Waals surface area contributed by atoms with Crippen molar-refractivity contribution in [2.24, 2.45) is 0 Å². The molecule has 2 rings (SSSR count). The van der Waals surface area contributed by atoms with Gasteiger partial charge in [0.1, 0.15) is 18.3 Å². The predicted molar refractivity (Wildman–Crippen MR) is 101 cm³/mol. The minimum atomic E-state index is -1.16. The van der Waals surface area contributed by atoms with Gasteiger partial charge in [-0.25, -0.2) is 0 Å². The van der Waals surface area contributed by atoms with Crippen LogP contribution in [0.4, 0.5) is 0 Å². The Balaban J connectivity index is 2.30. The fraction of sp³-hybridized carbons (Fsp3) is 0.364. The highest BCUT2D eigenvalue weighted by atomic mass is 16.5. The minimum Gasteiger partial charge on any atom is -0.460 e. The maximum atomic E-state index is 13.1. The Hall–Kier alpha value is -2.46. The van der Waals surface area contributed by atoms with Crippen LogP contribution >= 0.6 is 0 Å². The number of esters is 1. The van der Waals surface area contributed by atoms with Gasteiger partial charge in [-0.05, 0) is 31.9 Å². The van der Waals surface area contributed by atoms with Gasteiger partial charge in [-0.1, -0.05) is 60.7 Å². The molecule has 0 fully saturated rings. The average Bonchev–Trinajstić information content (AvgIpc) is 2.64. The first-order chi connectivity index (χ1) is 12.4. The Morgan fingerprint density at radius 2 is 1.54 bits per heavy atom. The first-order valence-corrected chi connectivity index (χ1v) is 8.72. The van der Waals surface area contributed by atoms with E-state index in [0.717, 1.165) is 17.4 Å². The van der Waals surface area contributed by atoms with Gasteiger partial charge in [0.15, 0.2) is 0 Å². The molecule has 0 bridgehead atoms. The predicted octanol–water partition coefficient (Wildman–Crippen LogP) is 4.07. The van der Waals surface area contributed by atoms with Crippen LogP contribution in [0.1, 0.15) is 38.3 Å². The van der Waals surface area contributed by atoms with Crippen LogP contribution < -0.4 is 0 Å². The van der Waals surface area contributed by atoms with E-state index in [2.05, 4.69) is 0 Å². The van der Waals surface area contributed by atoms with Crippen LogP contribution in [0.5, 0.6) is 0 Å². The molecular formula is C22H26O4. The van der Waals surface area contributed by atoms with E-state index in [9.17, 15) is 9.59 Å². The zero-order valence-electron chi connectivity index (χ0n) is 15.6. The van der Waals surface area contributed by atoms with Crippen molar-refractivity contribution in [3.8, 4) is 0 Å². The molecule has 2 aromatic carbocycles. The molecular weight excluding hydrogens is 328 g/mol. The van der Waals surface area contributed by atoms with Crippen LogP contribution in [0.25, 0.3) is 0 Å². The summed E-state index contributed by atoms with van der Waals surface area (Å²) in [5.41, 5.74) is 0.00770. The van der Waals surface area contributed by atoms with Crippen LogP contribution in [0.15, 0.2) is 60.7 Å². The van der Waals surface area contributed by atoms with E-state index >= 15 is 0 Å². The van der Waals surface area contributed by atoms with E-state index in [1.165, 1.54) is 0 Å². The number of hydrogen-bond donors (Lipinski definition) is 0. The van der Waals surface area contributed by atoms with E-state index in [4.69, 9.17) is 9.47 Å². The molecule has 0 aliphatic heterocycles. The number of rotatable bonds is 8. The van der Waals surface area contributed by atoms with Crippen molar-refractivity contribution in [1.29, 1.82) is 0 Å². The molecule has 0 saturated heterocycles. The highest BCUT2D eigenvalue weighted by molar-refractivity contribution is 5.86. The molecule has 0 spiro atoms. The molecule has 0 aromatic heterocycles. The fourth-order valence-corrected chi connectivity index (χ4v) is 2.62. The molecule has 0 heterocycles. The molecule has 2 aromatic rings. The molecule has 0 amide bonds. The molecule has 0 N–H and O–H groups in total. The van der Waals surface area contributed by atoms with Crippen molar-refractivity contribution in [1.82, 2.24) is 0 Å². The van der Waals surface area contributed by atoms with Gasteiger partial charge in [0.2, 0.25) is 0 Å². The summed E-state index contributed by atoms with van der Waals surface area (Å²) in [4.78, 5) is 24.5. The van der Waals surface area contributed by atoms with Gasteiger partial charge in [0, 0.05) is 6.42 Å². The summed E-state index contributed by atoms with van der Waals surface area (Å²) in [6.45, 7) is 5.98. The van der Waals surface area contributed by atoms with Crippen molar-refractivity contribution in [3.05, 3.63) is 71.8 Å². The van der Waals surface area contributed by atoms with E-state index in [-0.39, 0.29) is 19.6 Å². The molecule has 4 heteroatoms. The zero-order chi connectivity index (χ0) is 19.0. The largest absolute Gasteiger partial charge is 0.460 e. The molecule has 0 radical (unpaired) electrons. The van der Waals surface area contributed by atoms with Crippen molar-refractivity contribution >= 4 is 12.3 Å². The van der Waals surface area contributed by atoms with Crippen LogP contribution in [0.3, 0.4) is 0 Å². The minimum absolute atomic E-state index is 0.000711. The molecule has 0 saturated carbocycles. The number of hydrogen-bond acceptors (Lipinski definition) is 4. The van der Waals surface area contributed by atoms with Crippen molar-refractivity contribution < 1.29 is 19.1 Å². The smallest absolute Gasteiger partial charge is 0.319 e. The molecule has 138 valence electrons. The second-order valence-corrected chi connectivity index (χ2v) is 7.28. The molecule has 1 unspecified atom stereocenters. The van der Waals surface area contributed by atoms with E-state index in [1.54, 1.807) is 0 Å². The summed E-state index contributed by atoms with van der Waals surface area (Å²) >= 11 is 0. The van der Waals surface area contributed by atoms with Crippen molar-refractivity contribution in [2.75, 3.05) is 6.61 Å². The number of benzene rings is 2.